The van der Waals surface area contributed by atoms with Gasteiger partial charge in [0.2, 0.25) is 0 Å². The Morgan fingerprint density at radius 2 is 0.591 bits per heavy atom. The molecule has 22 heavy (non-hydrogen) atoms. The number of rotatable bonds is 3. The first-order valence-electron chi connectivity index (χ1n) is 8.82. The zero-order valence-corrected chi connectivity index (χ0v) is 17.5. The van der Waals surface area contributed by atoms with E-state index in [-0.39, 0.29) is 21.7 Å². The first-order chi connectivity index (χ1) is 9.47. The molecule has 130 valence electrons. The Morgan fingerprint density at radius 3 is 0.727 bits per heavy atom. The zero-order valence-electron chi connectivity index (χ0n) is 17.5. The first kappa shape index (κ1) is 21.5. The fourth-order valence-electron chi connectivity index (χ4n) is 4.10. The average Bonchev–Trinajstić information content (AvgIpc) is 2.14. The summed E-state index contributed by atoms with van der Waals surface area (Å²) >= 11 is 0. The molecule has 0 amide bonds. The Labute approximate surface area is 141 Å². The van der Waals surface area contributed by atoms with Gasteiger partial charge in [-0.05, 0) is 33.5 Å². The molecular formula is C22H42. The third-order valence-corrected chi connectivity index (χ3v) is 4.45. The van der Waals surface area contributed by atoms with Crippen LogP contribution in [0.2, 0.25) is 0 Å². The van der Waals surface area contributed by atoms with Gasteiger partial charge < -0.3 is 0 Å². The Hall–Kier alpha value is -0.520. The van der Waals surface area contributed by atoms with Gasteiger partial charge >= 0.3 is 0 Å². The summed E-state index contributed by atoms with van der Waals surface area (Å²) in [6, 6.07) is 0. The summed E-state index contributed by atoms with van der Waals surface area (Å²) in [5, 5.41) is 0. The minimum atomic E-state index is 0.288. The molecular weight excluding hydrogens is 264 g/mol. The van der Waals surface area contributed by atoms with Gasteiger partial charge in [-0.1, -0.05) is 107 Å². The molecule has 0 radical (unpaired) electrons. The van der Waals surface area contributed by atoms with Gasteiger partial charge in [-0.2, -0.15) is 0 Å². The Balaban J connectivity index is 5.24. The van der Waals surface area contributed by atoms with Gasteiger partial charge in [-0.15, -0.1) is 0 Å². The van der Waals surface area contributed by atoms with Gasteiger partial charge in [0.25, 0.3) is 0 Å². The highest BCUT2D eigenvalue weighted by atomic mass is 14.4. The molecule has 0 heterocycles. The van der Waals surface area contributed by atoms with E-state index in [0.29, 0.717) is 11.8 Å². The van der Waals surface area contributed by atoms with E-state index in [1.165, 1.54) is 0 Å². The minimum absolute atomic E-state index is 0.288. The van der Waals surface area contributed by atoms with Crippen LogP contribution in [0.25, 0.3) is 0 Å². The molecule has 0 aromatic carbocycles. The summed E-state index contributed by atoms with van der Waals surface area (Å²) < 4.78 is 0. The van der Waals surface area contributed by atoms with Crippen LogP contribution in [-0.4, -0.2) is 0 Å². The van der Waals surface area contributed by atoms with E-state index >= 15 is 0 Å². The summed E-state index contributed by atoms with van der Waals surface area (Å²) in [5.41, 5.74) is 1.15. The van der Waals surface area contributed by atoms with E-state index in [1.807, 2.05) is 0 Å². The van der Waals surface area contributed by atoms with Crippen molar-refractivity contribution in [3.05, 3.63) is 24.3 Å². The predicted octanol–water partition coefficient (Wildman–Crippen LogP) is 7.52. The predicted molar refractivity (Wildman–Crippen MR) is 103 cm³/mol. The molecule has 0 N–H and O–H groups in total. The SMILES string of the molecule is CC(C)(C)C(/C=C/C=C/C(C(C)(C)C)C(C)(C)C)C(C)(C)C. The normalized spacial score (nSPS) is 15.7. The number of allylic oxidation sites excluding steroid dienone is 4. The van der Waals surface area contributed by atoms with Crippen LogP contribution in [0.15, 0.2) is 24.3 Å². The summed E-state index contributed by atoms with van der Waals surface area (Å²) in [6.45, 7) is 28.0. The number of hydrogen-bond acceptors (Lipinski definition) is 0. The van der Waals surface area contributed by atoms with Crippen molar-refractivity contribution in [2.24, 2.45) is 33.5 Å². The van der Waals surface area contributed by atoms with Crippen molar-refractivity contribution in [3.63, 3.8) is 0 Å². The largest absolute Gasteiger partial charge is 0.0804 e. The average molecular weight is 307 g/mol. The highest BCUT2D eigenvalue weighted by molar-refractivity contribution is 5.11. The van der Waals surface area contributed by atoms with Gasteiger partial charge in [0.05, 0.1) is 0 Å². The Morgan fingerprint density at radius 1 is 0.409 bits per heavy atom. The van der Waals surface area contributed by atoms with E-state index in [1.54, 1.807) is 0 Å². The van der Waals surface area contributed by atoms with Gasteiger partial charge in [-0.3, -0.25) is 0 Å². The van der Waals surface area contributed by atoms with Crippen LogP contribution in [-0.2, 0) is 0 Å². The molecule has 0 saturated carbocycles. The Kier molecular flexibility index (Phi) is 6.77. The van der Waals surface area contributed by atoms with Gasteiger partial charge in [0, 0.05) is 0 Å². The van der Waals surface area contributed by atoms with Gasteiger partial charge in [-0.25, -0.2) is 0 Å². The lowest BCUT2D eigenvalue weighted by atomic mass is 9.66. The lowest BCUT2D eigenvalue weighted by Crippen LogP contribution is -2.31. The second-order valence-electron chi connectivity index (χ2n) is 11.2. The fraction of sp³-hybridized carbons (Fsp3) is 0.818. The van der Waals surface area contributed by atoms with Crippen LogP contribution in [0.5, 0.6) is 0 Å². The highest BCUT2D eigenvalue weighted by Gasteiger charge is 2.33. The summed E-state index contributed by atoms with van der Waals surface area (Å²) in [7, 11) is 0. The van der Waals surface area contributed by atoms with Crippen LogP contribution >= 0.6 is 0 Å². The molecule has 0 aromatic rings. The molecule has 0 rings (SSSR count). The smallest absolute Gasteiger partial charge is 0.0133 e. The van der Waals surface area contributed by atoms with Crippen molar-refractivity contribution in [3.8, 4) is 0 Å². The summed E-state index contributed by atoms with van der Waals surface area (Å²) in [4.78, 5) is 0. The van der Waals surface area contributed by atoms with Crippen molar-refractivity contribution in [1.29, 1.82) is 0 Å². The third-order valence-electron chi connectivity index (χ3n) is 4.45. The van der Waals surface area contributed by atoms with Crippen LogP contribution in [0.4, 0.5) is 0 Å². The van der Waals surface area contributed by atoms with E-state index in [9.17, 15) is 0 Å². The van der Waals surface area contributed by atoms with E-state index in [0.717, 1.165) is 0 Å². The van der Waals surface area contributed by atoms with Crippen molar-refractivity contribution >= 4 is 0 Å². The zero-order chi connectivity index (χ0) is 18.0. The topological polar surface area (TPSA) is 0 Å². The molecule has 0 bridgehead atoms. The maximum absolute atomic E-state index is 2.40. The summed E-state index contributed by atoms with van der Waals surface area (Å²) in [5.74, 6) is 1.12. The van der Waals surface area contributed by atoms with Crippen molar-refractivity contribution in [2.75, 3.05) is 0 Å². The second-order valence-corrected chi connectivity index (χ2v) is 11.2. The number of hydrogen-bond donors (Lipinski definition) is 0. The van der Waals surface area contributed by atoms with Crippen molar-refractivity contribution in [1.82, 2.24) is 0 Å². The summed E-state index contributed by atoms with van der Waals surface area (Å²) in [6.07, 6.45) is 9.34. The molecule has 0 spiro atoms. The molecule has 0 aromatic heterocycles. The quantitative estimate of drug-likeness (QED) is 0.473. The standard InChI is InChI=1S/C22H42/c1-19(2,3)17(20(4,5)6)15-13-14-16-18(21(7,8)9)22(10,11)12/h13-18H,1-12H3/b15-13+,16-14+. The van der Waals surface area contributed by atoms with Gasteiger partial charge in [0.15, 0.2) is 0 Å². The molecule has 0 saturated heterocycles. The third kappa shape index (κ3) is 7.16. The molecule has 0 unspecified atom stereocenters. The second kappa shape index (κ2) is 6.93. The monoisotopic (exact) mass is 306 g/mol. The molecule has 0 fully saturated rings. The first-order valence-corrected chi connectivity index (χ1v) is 8.82. The van der Waals surface area contributed by atoms with Crippen LogP contribution in [0.3, 0.4) is 0 Å². The highest BCUT2D eigenvalue weighted by Crippen LogP contribution is 2.42. The van der Waals surface area contributed by atoms with Crippen molar-refractivity contribution < 1.29 is 0 Å². The Bertz CT molecular complexity index is 312. The molecule has 0 aliphatic heterocycles. The molecule has 0 atom stereocenters. The van der Waals surface area contributed by atoms with Gasteiger partial charge in [0.1, 0.15) is 0 Å². The maximum Gasteiger partial charge on any atom is -0.0133 e. The molecule has 0 aliphatic carbocycles. The van der Waals surface area contributed by atoms with Crippen molar-refractivity contribution in [2.45, 2.75) is 83.1 Å². The van der Waals surface area contributed by atoms with E-state index in [2.05, 4.69) is 107 Å². The fourth-order valence-corrected chi connectivity index (χ4v) is 4.10. The van der Waals surface area contributed by atoms with Crippen LogP contribution < -0.4 is 0 Å². The maximum atomic E-state index is 2.40. The molecule has 0 heteroatoms. The minimum Gasteiger partial charge on any atom is -0.0804 e. The van der Waals surface area contributed by atoms with E-state index < -0.39 is 0 Å². The van der Waals surface area contributed by atoms with E-state index in [4.69, 9.17) is 0 Å². The van der Waals surface area contributed by atoms with Crippen LogP contribution in [0, 0.1) is 33.5 Å². The lowest BCUT2D eigenvalue weighted by molar-refractivity contribution is 0.147. The molecule has 0 nitrogen and oxygen atoms in total. The molecule has 0 aliphatic rings. The lowest BCUT2D eigenvalue weighted by Gasteiger charge is -2.39. The van der Waals surface area contributed by atoms with Crippen LogP contribution in [0.1, 0.15) is 83.1 Å².